The maximum atomic E-state index is 11.4. The molecular weight excluding hydrogens is 343 g/mol. The van der Waals surface area contributed by atoms with Crippen molar-refractivity contribution >= 4 is 21.6 Å². The van der Waals surface area contributed by atoms with Crippen LogP contribution >= 0.6 is 0 Å². The van der Waals surface area contributed by atoms with Crippen LogP contribution in [-0.4, -0.2) is 50.4 Å². The van der Waals surface area contributed by atoms with Crippen molar-refractivity contribution in [3.8, 4) is 0 Å². The number of aliphatic hydroxyl groups is 1. The molecule has 0 unspecified atom stereocenters. The van der Waals surface area contributed by atoms with Crippen LogP contribution in [-0.2, 0) is 28.7 Å². The number of aliphatic hydroxyl groups excluding tert-OH is 1. The Bertz CT molecular complexity index is 854. The van der Waals surface area contributed by atoms with Crippen molar-refractivity contribution in [1.82, 2.24) is 19.1 Å². The van der Waals surface area contributed by atoms with Gasteiger partial charge < -0.3 is 14.6 Å². The molecule has 13 heteroatoms. The van der Waals surface area contributed by atoms with Crippen LogP contribution in [0.25, 0.3) is 11.2 Å². The fraction of sp³-hybridized carbons (Fsp3) is 0.500. The summed E-state index contributed by atoms with van der Waals surface area (Å²) in [4.78, 5) is 29.4. The van der Waals surface area contributed by atoms with Crippen molar-refractivity contribution in [3.05, 3.63) is 27.2 Å². The molecule has 2 N–H and O–H groups in total. The summed E-state index contributed by atoms with van der Waals surface area (Å²) in [7, 11) is -1.55. The first-order valence-electron chi connectivity index (χ1n) is 5.99. The molecule has 0 atom stereocenters. The normalized spacial score (nSPS) is 10.8. The Morgan fingerprint density at radius 3 is 2.48 bits per heavy atom. The number of aromatic nitrogens is 4. The summed E-state index contributed by atoms with van der Waals surface area (Å²) >= 11 is 0. The van der Waals surface area contributed by atoms with E-state index in [1.807, 2.05) is 0 Å². The van der Waals surface area contributed by atoms with E-state index in [9.17, 15) is 22.6 Å². The summed E-state index contributed by atoms with van der Waals surface area (Å²) in [5.74, 6) is 0. The van der Waals surface area contributed by atoms with Gasteiger partial charge in [0, 0.05) is 20.7 Å². The molecule has 0 fully saturated rings. The van der Waals surface area contributed by atoms with Gasteiger partial charge in [0.1, 0.15) is 5.52 Å². The third-order valence-electron chi connectivity index (χ3n) is 2.56. The van der Waals surface area contributed by atoms with Crippen molar-refractivity contribution in [1.29, 1.82) is 0 Å². The quantitative estimate of drug-likeness (QED) is 0.237. The first kappa shape index (κ1) is 22.0. The number of hydrogen-bond donors (Lipinski definition) is 2. The zero-order valence-electron chi connectivity index (χ0n) is 12.8. The van der Waals surface area contributed by atoms with Crippen LogP contribution < -0.4 is 40.8 Å². The fourth-order valence-electron chi connectivity index (χ4n) is 1.49. The molecule has 0 saturated carbocycles. The standard InChI is InChI=1S/C7H8N4O2.C3H8O5S.Na/c1-10-5-4(8-3-9-5)6(12)11(2)7(10)13;4-2-1-3-8-9(5,6)7;/h3H,1-2H3,(H,8,9);4H,1-3H2,(H,5,6,7);/q;;+1/p-1. The van der Waals surface area contributed by atoms with Gasteiger partial charge in [-0.3, -0.25) is 18.1 Å². The van der Waals surface area contributed by atoms with Crippen LogP contribution in [0.4, 0.5) is 0 Å². The van der Waals surface area contributed by atoms with Gasteiger partial charge in [0.2, 0.25) is 10.4 Å². The van der Waals surface area contributed by atoms with Crippen LogP contribution in [0, 0.1) is 0 Å². The molecule has 2 rings (SSSR count). The van der Waals surface area contributed by atoms with Gasteiger partial charge in [0.15, 0.2) is 5.65 Å². The summed E-state index contributed by atoms with van der Waals surface area (Å²) in [5.41, 5.74) is 0.0119. The van der Waals surface area contributed by atoms with Gasteiger partial charge in [0.25, 0.3) is 5.56 Å². The van der Waals surface area contributed by atoms with Gasteiger partial charge in [-0.15, -0.1) is 0 Å². The van der Waals surface area contributed by atoms with E-state index in [2.05, 4.69) is 14.2 Å². The summed E-state index contributed by atoms with van der Waals surface area (Å²) in [6.07, 6.45) is 1.55. The monoisotopic (exact) mass is 358 g/mol. The number of fused-ring (bicyclic) bond motifs is 1. The molecule has 0 bridgehead atoms. The molecule has 0 spiro atoms. The number of nitrogens with zero attached hydrogens (tertiary/aromatic N) is 3. The molecule has 0 aliphatic rings. The van der Waals surface area contributed by atoms with Crippen molar-refractivity contribution in [2.45, 2.75) is 6.42 Å². The second kappa shape index (κ2) is 9.32. The summed E-state index contributed by atoms with van der Waals surface area (Å²) in [5, 5.41) is 8.09. The number of H-pyrrole nitrogens is 1. The second-order valence-corrected chi connectivity index (χ2v) is 5.17. The van der Waals surface area contributed by atoms with E-state index in [4.69, 9.17) is 5.11 Å². The zero-order valence-corrected chi connectivity index (χ0v) is 15.7. The molecule has 0 radical (unpaired) electrons. The molecule has 0 aliphatic heterocycles. The van der Waals surface area contributed by atoms with E-state index in [0.717, 1.165) is 4.57 Å². The summed E-state index contributed by atoms with van der Waals surface area (Å²) in [6.45, 7) is -0.433. The zero-order chi connectivity index (χ0) is 16.9. The van der Waals surface area contributed by atoms with Crippen molar-refractivity contribution in [2.24, 2.45) is 14.1 Å². The number of hydrogen-bond acceptors (Lipinski definition) is 8. The smallest absolute Gasteiger partial charge is 0.726 e. The van der Waals surface area contributed by atoms with Crippen molar-refractivity contribution < 1.29 is 51.8 Å². The molecular formula is C10H15N4NaO7S. The van der Waals surface area contributed by atoms with Crippen LogP contribution in [0.5, 0.6) is 0 Å². The molecule has 0 saturated heterocycles. The van der Waals surface area contributed by atoms with Gasteiger partial charge in [-0.2, -0.15) is 0 Å². The minimum Gasteiger partial charge on any atom is -0.726 e. The molecule has 0 amide bonds. The van der Waals surface area contributed by atoms with E-state index >= 15 is 0 Å². The van der Waals surface area contributed by atoms with Crippen LogP contribution in [0.3, 0.4) is 0 Å². The molecule has 0 aromatic carbocycles. The molecule has 11 nitrogen and oxygen atoms in total. The number of rotatable bonds is 4. The summed E-state index contributed by atoms with van der Waals surface area (Å²) in [6, 6.07) is 0. The fourth-order valence-corrected chi connectivity index (χ4v) is 1.82. The predicted octanol–water partition coefficient (Wildman–Crippen LogP) is -5.19. The SMILES string of the molecule is Cn1c(=O)c2[nH]cnc2n(C)c1=O.O=S(=O)([O-])OCCCO.[Na+]. The van der Waals surface area contributed by atoms with Crippen molar-refractivity contribution in [2.75, 3.05) is 13.2 Å². The predicted molar refractivity (Wildman–Crippen MR) is 73.9 cm³/mol. The molecule has 2 aromatic heterocycles. The maximum Gasteiger partial charge on any atom is 1.00 e. The van der Waals surface area contributed by atoms with Gasteiger partial charge in [-0.1, -0.05) is 0 Å². The topological polar surface area (TPSA) is 159 Å². The van der Waals surface area contributed by atoms with Crippen LogP contribution in [0.2, 0.25) is 0 Å². The Morgan fingerprint density at radius 1 is 1.35 bits per heavy atom. The van der Waals surface area contributed by atoms with E-state index in [1.165, 1.54) is 17.9 Å². The molecule has 0 aliphatic carbocycles. The second-order valence-electron chi connectivity index (χ2n) is 4.11. The number of aromatic amines is 1. The Kier molecular flexibility index (Phi) is 8.90. The number of aryl methyl sites for hydroxylation is 1. The van der Waals surface area contributed by atoms with E-state index in [1.54, 1.807) is 7.05 Å². The van der Waals surface area contributed by atoms with Gasteiger partial charge in [0.05, 0.1) is 12.9 Å². The molecule has 2 aromatic rings. The minimum absolute atomic E-state index is 0. The Morgan fingerprint density at radius 2 is 1.96 bits per heavy atom. The molecule has 23 heavy (non-hydrogen) atoms. The maximum absolute atomic E-state index is 11.4. The van der Waals surface area contributed by atoms with Gasteiger partial charge in [-0.25, -0.2) is 18.2 Å². The average molecular weight is 358 g/mol. The molecule has 124 valence electrons. The largest absolute Gasteiger partial charge is 1.00 e. The van der Waals surface area contributed by atoms with Crippen LogP contribution in [0.15, 0.2) is 15.9 Å². The Balaban J connectivity index is 0.000000434. The molecule has 2 heterocycles. The summed E-state index contributed by atoms with van der Waals surface area (Å²) < 4.78 is 35.0. The number of imidazole rings is 1. The van der Waals surface area contributed by atoms with Gasteiger partial charge >= 0.3 is 35.2 Å². The Hall–Kier alpha value is -1.02. The first-order chi connectivity index (χ1) is 10.2. The van der Waals surface area contributed by atoms with Gasteiger partial charge in [-0.05, 0) is 6.42 Å². The van der Waals surface area contributed by atoms with E-state index in [-0.39, 0.29) is 60.4 Å². The minimum atomic E-state index is -4.56. The average Bonchev–Trinajstić information content (AvgIpc) is 2.92. The third-order valence-corrected chi connectivity index (χ3v) is 3.01. The van der Waals surface area contributed by atoms with E-state index < -0.39 is 10.4 Å². The number of nitrogens with one attached hydrogen (secondary N) is 1. The first-order valence-corrected chi connectivity index (χ1v) is 7.32. The third kappa shape index (κ3) is 6.18. The van der Waals surface area contributed by atoms with E-state index in [0.29, 0.717) is 11.2 Å². The van der Waals surface area contributed by atoms with Crippen molar-refractivity contribution in [3.63, 3.8) is 0 Å². The van der Waals surface area contributed by atoms with Crippen LogP contribution in [0.1, 0.15) is 6.42 Å². The Labute approximate surface area is 153 Å².